The second kappa shape index (κ2) is 7.71. The second-order valence-electron chi connectivity index (χ2n) is 7.58. The van der Waals surface area contributed by atoms with Crippen LogP contribution >= 0.6 is 0 Å². The first-order valence-corrected chi connectivity index (χ1v) is 9.54. The van der Waals surface area contributed by atoms with Crippen LogP contribution in [0.2, 0.25) is 0 Å². The number of aromatic nitrogens is 3. The van der Waals surface area contributed by atoms with E-state index in [1.54, 1.807) is 16.8 Å². The fourth-order valence-electron chi connectivity index (χ4n) is 3.55. The molecule has 3 heterocycles. The van der Waals surface area contributed by atoms with E-state index in [1.807, 2.05) is 33.3 Å². The molecule has 0 saturated carbocycles. The van der Waals surface area contributed by atoms with Gasteiger partial charge in [-0.15, -0.1) is 0 Å². The van der Waals surface area contributed by atoms with Gasteiger partial charge >= 0.3 is 0 Å². The molecule has 0 aliphatic carbocycles. The number of benzene rings is 1. The summed E-state index contributed by atoms with van der Waals surface area (Å²) in [5.41, 5.74) is 2.99. The standard InChI is InChI=1S/C21H25FN6O/c1-13-17-9-15(22)5-6-19(17)29-12-16(11-27(3)4)24-14(2)18-10-23-28-8-7-20(25-13)26-21(18)28/h5-10,13,16,24H,2,11-12H2,1,3-4H3,(H,25,26)/t13-,16+/m1/s1. The van der Waals surface area contributed by atoms with Crippen LogP contribution in [0.4, 0.5) is 10.2 Å². The van der Waals surface area contributed by atoms with Crippen LogP contribution in [0.25, 0.3) is 11.3 Å². The third-order valence-electron chi connectivity index (χ3n) is 4.90. The topological polar surface area (TPSA) is 66.7 Å². The summed E-state index contributed by atoms with van der Waals surface area (Å²) in [6, 6.07) is 6.20. The van der Waals surface area contributed by atoms with Gasteiger partial charge in [0.25, 0.3) is 0 Å². The lowest BCUT2D eigenvalue weighted by Gasteiger charge is -2.25. The molecule has 2 atom stereocenters. The van der Waals surface area contributed by atoms with E-state index in [4.69, 9.17) is 9.72 Å². The maximum atomic E-state index is 14.0. The molecule has 3 aromatic rings. The van der Waals surface area contributed by atoms with Crippen molar-refractivity contribution in [1.82, 2.24) is 24.8 Å². The highest BCUT2D eigenvalue weighted by Crippen LogP contribution is 2.29. The quantitative estimate of drug-likeness (QED) is 0.694. The van der Waals surface area contributed by atoms with Crippen molar-refractivity contribution in [3.63, 3.8) is 0 Å². The van der Waals surface area contributed by atoms with Gasteiger partial charge in [0.2, 0.25) is 0 Å². The number of nitrogens with one attached hydrogen (secondary N) is 2. The van der Waals surface area contributed by atoms with Gasteiger partial charge in [0.05, 0.1) is 23.8 Å². The Hall–Kier alpha value is -3.13. The van der Waals surface area contributed by atoms with Crippen LogP contribution in [0.5, 0.6) is 5.75 Å². The molecule has 0 saturated heterocycles. The van der Waals surface area contributed by atoms with Crippen molar-refractivity contribution in [3.05, 3.63) is 60.2 Å². The van der Waals surface area contributed by atoms with Gasteiger partial charge in [0.1, 0.15) is 24.0 Å². The lowest BCUT2D eigenvalue weighted by molar-refractivity contribution is 0.239. The maximum Gasteiger partial charge on any atom is 0.166 e. The number of anilines is 1. The number of nitrogens with zero attached hydrogens (tertiary/aromatic N) is 4. The highest BCUT2D eigenvalue weighted by molar-refractivity contribution is 5.74. The molecule has 0 spiro atoms. The van der Waals surface area contributed by atoms with Crippen LogP contribution in [0.15, 0.2) is 43.2 Å². The molecule has 2 aromatic heterocycles. The van der Waals surface area contributed by atoms with Crippen molar-refractivity contribution in [2.24, 2.45) is 0 Å². The molecule has 0 amide bonds. The minimum atomic E-state index is -0.303. The van der Waals surface area contributed by atoms with Crippen LogP contribution in [0, 0.1) is 5.82 Å². The Balaban J connectivity index is 1.80. The normalized spacial score (nSPS) is 19.6. The van der Waals surface area contributed by atoms with E-state index in [-0.39, 0.29) is 17.9 Å². The van der Waals surface area contributed by atoms with Gasteiger partial charge in [0.15, 0.2) is 5.65 Å². The van der Waals surface area contributed by atoms with Gasteiger partial charge in [-0.25, -0.2) is 13.9 Å². The molecule has 0 unspecified atom stereocenters. The first-order chi connectivity index (χ1) is 13.9. The van der Waals surface area contributed by atoms with Crippen molar-refractivity contribution in [2.45, 2.75) is 19.0 Å². The van der Waals surface area contributed by atoms with Gasteiger partial charge in [-0.3, -0.25) is 0 Å². The Morgan fingerprint density at radius 2 is 2.14 bits per heavy atom. The van der Waals surface area contributed by atoms with Gasteiger partial charge in [0, 0.05) is 24.0 Å². The third-order valence-corrected chi connectivity index (χ3v) is 4.90. The van der Waals surface area contributed by atoms with Crippen LogP contribution in [0.1, 0.15) is 24.1 Å². The van der Waals surface area contributed by atoms with E-state index in [9.17, 15) is 4.39 Å². The summed E-state index contributed by atoms with van der Waals surface area (Å²) in [6.45, 7) is 7.29. The summed E-state index contributed by atoms with van der Waals surface area (Å²) < 4.78 is 21.8. The molecule has 1 aromatic carbocycles. The zero-order valence-electron chi connectivity index (χ0n) is 16.8. The lowest BCUT2D eigenvalue weighted by Crippen LogP contribution is -2.41. The number of halogens is 1. The Labute approximate surface area is 169 Å². The van der Waals surface area contributed by atoms with Crippen molar-refractivity contribution >= 4 is 17.2 Å². The SMILES string of the molecule is C=C1N[C@@H](CN(C)C)COc2ccc(F)cc2[C@@H](C)Nc2ccn3ncc1c3n2. The molecule has 1 aliphatic rings. The fraction of sp³-hybridized carbons (Fsp3) is 0.333. The van der Waals surface area contributed by atoms with E-state index in [2.05, 4.69) is 27.2 Å². The minimum Gasteiger partial charge on any atom is -0.491 e. The molecular weight excluding hydrogens is 371 g/mol. The molecule has 8 heteroatoms. The van der Waals surface area contributed by atoms with E-state index in [0.29, 0.717) is 23.8 Å². The molecule has 7 nitrogen and oxygen atoms in total. The van der Waals surface area contributed by atoms with Crippen LogP contribution in [-0.4, -0.2) is 52.8 Å². The molecule has 0 radical (unpaired) electrons. The Morgan fingerprint density at radius 1 is 1.31 bits per heavy atom. The average Bonchev–Trinajstić information content (AvgIpc) is 3.09. The fourth-order valence-corrected chi connectivity index (χ4v) is 3.55. The first kappa shape index (κ1) is 19.2. The van der Waals surface area contributed by atoms with Crippen LogP contribution in [0.3, 0.4) is 0 Å². The Morgan fingerprint density at radius 3 is 2.93 bits per heavy atom. The summed E-state index contributed by atoms with van der Waals surface area (Å²) in [6.07, 6.45) is 3.59. The number of likely N-dealkylation sites (N-methyl/N-ethyl adjacent to an activating group) is 1. The largest absolute Gasteiger partial charge is 0.491 e. The molecule has 152 valence electrons. The third kappa shape index (κ3) is 4.02. The summed E-state index contributed by atoms with van der Waals surface area (Å²) in [5.74, 6) is 1.01. The first-order valence-electron chi connectivity index (χ1n) is 9.54. The second-order valence-corrected chi connectivity index (χ2v) is 7.58. The smallest absolute Gasteiger partial charge is 0.166 e. The highest BCUT2D eigenvalue weighted by atomic mass is 19.1. The van der Waals surface area contributed by atoms with E-state index >= 15 is 0 Å². The van der Waals surface area contributed by atoms with E-state index in [1.165, 1.54) is 12.1 Å². The zero-order chi connectivity index (χ0) is 20.5. The summed E-state index contributed by atoms with van der Waals surface area (Å²) >= 11 is 0. The molecule has 4 rings (SSSR count). The monoisotopic (exact) mass is 396 g/mol. The molecular formula is C21H25FN6O. The predicted molar refractivity (Wildman–Crippen MR) is 111 cm³/mol. The number of fused-ring (bicyclic) bond motifs is 2. The summed E-state index contributed by atoms with van der Waals surface area (Å²) in [4.78, 5) is 6.78. The predicted octanol–water partition coefficient (Wildman–Crippen LogP) is 2.92. The number of hydrogen-bond donors (Lipinski definition) is 2. The van der Waals surface area contributed by atoms with Crippen molar-refractivity contribution in [3.8, 4) is 5.75 Å². The zero-order valence-corrected chi connectivity index (χ0v) is 16.8. The van der Waals surface area contributed by atoms with Gasteiger partial charge < -0.3 is 20.3 Å². The molecule has 1 aliphatic heterocycles. The number of rotatable bonds is 2. The maximum absolute atomic E-state index is 14.0. The van der Waals surface area contributed by atoms with Crippen molar-refractivity contribution < 1.29 is 9.13 Å². The highest BCUT2D eigenvalue weighted by Gasteiger charge is 2.20. The van der Waals surface area contributed by atoms with Gasteiger partial charge in [-0.1, -0.05) is 6.58 Å². The Bertz CT molecular complexity index is 1050. The van der Waals surface area contributed by atoms with Gasteiger partial charge in [-0.05, 0) is 45.3 Å². The Kier molecular flexibility index (Phi) is 5.10. The summed E-state index contributed by atoms with van der Waals surface area (Å²) in [7, 11) is 4.01. The number of ether oxygens (including phenoxy) is 1. The van der Waals surface area contributed by atoms with Gasteiger partial charge in [-0.2, -0.15) is 5.10 Å². The molecule has 0 fully saturated rings. The van der Waals surface area contributed by atoms with Crippen molar-refractivity contribution in [1.29, 1.82) is 0 Å². The number of hydrogen-bond acceptors (Lipinski definition) is 6. The summed E-state index contributed by atoms with van der Waals surface area (Å²) in [5, 5.41) is 11.2. The lowest BCUT2D eigenvalue weighted by atomic mass is 10.1. The van der Waals surface area contributed by atoms with E-state index < -0.39 is 0 Å². The molecule has 2 bridgehead atoms. The molecule has 2 N–H and O–H groups in total. The van der Waals surface area contributed by atoms with Crippen LogP contribution < -0.4 is 15.4 Å². The average molecular weight is 396 g/mol. The minimum absolute atomic E-state index is 0.0300. The van der Waals surface area contributed by atoms with Crippen LogP contribution in [-0.2, 0) is 0 Å². The van der Waals surface area contributed by atoms with Crippen molar-refractivity contribution in [2.75, 3.05) is 32.6 Å². The van der Waals surface area contributed by atoms with E-state index in [0.717, 1.165) is 23.4 Å². The molecule has 29 heavy (non-hydrogen) atoms.